The number of nitrogens with zero attached hydrogens (tertiary/aromatic N) is 1. The number of likely N-dealkylation sites (N-methyl/N-ethyl adjacent to an activating group) is 1. The summed E-state index contributed by atoms with van der Waals surface area (Å²) in [5, 5.41) is 5.81. The van der Waals surface area contributed by atoms with E-state index < -0.39 is 0 Å². The molecule has 0 spiro atoms. The molecule has 1 amide bonds. The summed E-state index contributed by atoms with van der Waals surface area (Å²) in [6.45, 7) is 6.10. The number of aromatic nitrogens is 1. The molecule has 2 atom stereocenters. The van der Waals surface area contributed by atoms with Crippen LogP contribution < -0.4 is 10.6 Å². The number of hydrogen-bond acceptors (Lipinski definition) is 3. The molecule has 2 unspecified atom stereocenters. The molecule has 94 valence electrons. The summed E-state index contributed by atoms with van der Waals surface area (Å²) in [6, 6.07) is 0.957. The Balaban J connectivity index is 2.60. The summed E-state index contributed by atoms with van der Waals surface area (Å²) >= 11 is 0. The quantitative estimate of drug-likeness (QED) is 0.816. The first-order chi connectivity index (χ1) is 8.04. The van der Waals surface area contributed by atoms with E-state index in [1.807, 2.05) is 13.8 Å². The number of carbonyl (C=O) groups excluding carboxylic acids is 1. The van der Waals surface area contributed by atoms with Gasteiger partial charge in [0.05, 0.1) is 12.2 Å². The first-order valence-electron chi connectivity index (χ1n) is 5.68. The van der Waals surface area contributed by atoms with Gasteiger partial charge in [-0.2, -0.15) is 0 Å². The molecule has 17 heavy (non-hydrogen) atoms. The fourth-order valence-electron chi connectivity index (χ4n) is 1.54. The Labute approximate surface area is 101 Å². The van der Waals surface area contributed by atoms with Crippen molar-refractivity contribution in [3.05, 3.63) is 29.8 Å². The van der Waals surface area contributed by atoms with Gasteiger partial charge in [0.15, 0.2) is 0 Å². The van der Waals surface area contributed by atoms with Crippen molar-refractivity contribution in [2.75, 3.05) is 6.54 Å². The monoisotopic (exact) mass is 239 g/mol. The largest absolute Gasteiger partial charge is 0.355 e. The molecule has 5 heteroatoms. The number of rotatable bonds is 5. The van der Waals surface area contributed by atoms with Gasteiger partial charge in [-0.15, -0.1) is 0 Å². The maximum atomic E-state index is 13.0. The van der Waals surface area contributed by atoms with Gasteiger partial charge in [0.2, 0.25) is 5.91 Å². The summed E-state index contributed by atoms with van der Waals surface area (Å²) in [6.07, 6.45) is 2.74. The molecule has 0 aliphatic heterocycles. The first-order valence-corrected chi connectivity index (χ1v) is 5.68. The van der Waals surface area contributed by atoms with Gasteiger partial charge >= 0.3 is 0 Å². The highest BCUT2D eigenvalue weighted by Gasteiger charge is 2.15. The van der Waals surface area contributed by atoms with Crippen LogP contribution in [0, 0.1) is 5.82 Å². The number of amides is 1. The van der Waals surface area contributed by atoms with Crippen LogP contribution in [0.5, 0.6) is 0 Å². The molecule has 0 radical (unpaired) electrons. The summed E-state index contributed by atoms with van der Waals surface area (Å²) < 4.78 is 13.0. The maximum Gasteiger partial charge on any atom is 0.236 e. The molecule has 2 N–H and O–H groups in total. The minimum Gasteiger partial charge on any atom is -0.355 e. The van der Waals surface area contributed by atoms with Crippen LogP contribution in [-0.4, -0.2) is 23.5 Å². The van der Waals surface area contributed by atoms with E-state index in [-0.39, 0.29) is 23.8 Å². The third kappa shape index (κ3) is 4.11. The molecule has 0 aliphatic rings. The van der Waals surface area contributed by atoms with Crippen LogP contribution >= 0.6 is 0 Å². The van der Waals surface area contributed by atoms with Crippen molar-refractivity contribution in [1.82, 2.24) is 15.6 Å². The number of hydrogen-bond donors (Lipinski definition) is 2. The molecular formula is C12H18FN3O. The SMILES string of the molecule is CCNC(=O)C(C)NC(C)c1cncc(F)c1. The third-order valence-corrected chi connectivity index (χ3v) is 2.47. The van der Waals surface area contributed by atoms with Crippen molar-refractivity contribution in [2.24, 2.45) is 0 Å². The summed E-state index contributed by atoms with van der Waals surface area (Å²) in [4.78, 5) is 15.3. The zero-order valence-electron chi connectivity index (χ0n) is 10.3. The molecule has 0 fully saturated rings. The third-order valence-electron chi connectivity index (χ3n) is 2.47. The number of halogens is 1. The Hall–Kier alpha value is -1.49. The van der Waals surface area contributed by atoms with Crippen molar-refractivity contribution in [2.45, 2.75) is 32.9 Å². The van der Waals surface area contributed by atoms with E-state index in [0.29, 0.717) is 6.54 Å². The molecule has 1 rings (SSSR count). The Bertz CT molecular complexity index is 384. The Morgan fingerprint density at radius 3 is 2.76 bits per heavy atom. The van der Waals surface area contributed by atoms with Crippen LogP contribution in [0.25, 0.3) is 0 Å². The molecule has 4 nitrogen and oxygen atoms in total. The Morgan fingerprint density at radius 2 is 2.18 bits per heavy atom. The van der Waals surface area contributed by atoms with Gasteiger partial charge in [-0.25, -0.2) is 4.39 Å². The minimum atomic E-state index is -0.373. The van der Waals surface area contributed by atoms with E-state index in [0.717, 1.165) is 11.8 Å². The van der Waals surface area contributed by atoms with E-state index in [2.05, 4.69) is 15.6 Å². The molecular weight excluding hydrogens is 221 g/mol. The molecule has 1 aromatic heterocycles. The Morgan fingerprint density at radius 1 is 1.47 bits per heavy atom. The van der Waals surface area contributed by atoms with Gasteiger partial charge in [-0.05, 0) is 32.4 Å². The number of carbonyl (C=O) groups is 1. The van der Waals surface area contributed by atoms with E-state index in [1.54, 1.807) is 13.1 Å². The van der Waals surface area contributed by atoms with E-state index >= 15 is 0 Å². The molecule has 0 aliphatic carbocycles. The predicted octanol–water partition coefficient (Wildman–Crippen LogP) is 1.40. The lowest BCUT2D eigenvalue weighted by Gasteiger charge is -2.19. The summed E-state index contributed by atoms with van der Waals surface area (Å²) in [7, 11) is 0. The summed E-state index contributed by atoms with van der Waals surface area (Å²) in [5.41, 5.74) is 0.723. The number of pyridine rings is 1. The van der Waals surface area contributed by atoms with E-state index in [1.165, 1.54) is 6.07 Å². The normalized spacial score (nSPS) is 14.1. The highest BCUT2D eigenvalue weighted by atomic mass is 19.1. The highest BCUT2D eigenvalue weighted by molar-refractivity contribution is 5.81. The fraction of sp³-hybridized carbons (Fsp3) is 0.500. The van der Waals surface area contributed by atoms with E-state index in [4.69, 9.17) is 0 Å². The molecule has 0 saturated carbocycles. The lowest BCUT2D eigenvalue weighted by molar-refractivity contribution is -0.122. The first kappa shape index (κ1) is 13.6. The molecule has 0 aromatic carbocycles. The standard InChI is InChI=1S/C12H18FN3O/c1-4-15-12(17)9(3)16-8(2)10-5-11(13)7-14-6-10/h5-9,16H,4H2,1-3H3,(H,15,17). The van der Waals surface area contributed by atoms with Crippen LogP contribution in [0.4, 0.5) is 4.39 Å². The lowest BCUT2D eigenvalue weighted by Crippen LogP contribution is -2.43. The van der Waals surface area contributed by atoms with Gasteiger partial charge < -0.3 is 5.32 Å². The molecule has 0 bridgehead atoms. The van der Waals surface area contributed by atoms with Crippen molar-refractivity contribution >= 4 is 5.91 Å². The second-order valence-corrected chi connectivity index (χ2v) is 3.94. The average molecular weight is 239 g/mol. The van der Waals surface area contributed by atoms with Crippen LogP contribution in [0.2, 0.25) is 0 Å². The average Bonchev–Trinajstić information content (AvgIpc) is 2.29. The van der Waals surface area contributed by atoms with Crippen molar-refractivity contribution in [3.8, 4) is 0 Å². The van der Waals surface area contributed by atoms with Gasteiger partial charge in [0.25, 0.3) is 0 Å². The summed E-state index contributed by atoms with van der Waals surface area (Å²) in [5.74, 6) is -0.439. The van der Waals surface area contributed by atoms with Crippen molar-refractivity contribution in [3.63, 3.8) is 0 Å². The second kappa shape index (κ2) is 6.30. The van der Waals surface area contributed by atoms with Gasteiger partial charge in [-0.3, -0.25) is 15.1 Å². The van der Waals surface area contributed by atoms with Crippen LogP contribution in [0.1, 0.15) is 32.4 Å². The Kier molecular flexibility index (Phi) is 5.03. The second-order valence-electron chi connectivity index (χ2n) is 3.94. The van der Waals surface area contributed by atoms with Gasteiger partial charge in [0.1, 0.15) is 5.82 Å². The van der Waals surface area contributed by atoms with Crippen molar-refractivity contribution < 1.29 is 9.18 Å². The molecule has 1 heterocycles. The minimum absolute atomic E-state index is 0.0660. The fourth-order valence-corrected chi connectivity index (χ4v) is 1.54. The van der Waals surface area contributed by atoms with Crippen molar-refractivity contribution in [1.29, 1.82) is 0 Å². The maximum absolute atomic E-state index is 13.0. The zero-order valence-corrected chi connectivity index (χ0v) is 10.3. The topological polar surface area (TPSA) is 54.0 Å². The van der Waals surface area contributed by atoms with E-state index in [9.17, 15) is 9.18 Å². The van der Waals surface area contributed by atoms with Gasteiger partial charge in [-0.1, -0.05) is 0 Å². The highest BCUT2D eigenvalue weighted by Crippen LogP contribution is 2.12. The molecule has 1 aromatic rings. The van der Waals surface area contributed by atoms with Crippen LogP contribution in [0.3, 0.4) is 0 Å². The number of nitrogens with one attached hydrogen (secondary N) is 2. The zero-order chi connectivity index (χ0) is 12.8. The smallest absolute Gasteiger partial charge is 0.236 e. The van der Waals surface area contributed by atoms with Gasteiger partial charge in [0, 0.05) is 18.8 Å². The van der Waals surface area contributed by atoms with Crippen LogP contribution in [0.15, 0.2) is 18.5 Å². The molecule has 0 saturated heterocycles. The predicted molar refractivity (Wildman–Crippen MR) is 63.9 cm³/mol. The van der Waals surface area contributed by atoms with Crippen LogP contribution in [-0.2, 0) is 4.79 Å². The lowest BCUT2D eigenvalue weighted by atomic mass is 10.1.